The number of hydrogen-bond acceptors (Lipinski definition) is 4. The third-order valence-electron chi connectivity index (χ3n) is 2.54. The minimum absolute atomic E-state index is 0.400. The van der Waals surface area contributed by atoms with Crippen molar-refractivity contribution >= 4 is 5.94 Å². The molecule has 0 amide bonds. The molecule has 0 aliphatic rings. The van der Waals surface area contributed by atoms with E-state index in [9.17, 15) is 9.70 Å². The van der Waals surface area contributed by atoms with Gasteiger partial charge in [0.1, 0.15) is 12.6 Å². The average Bonchev–Trinajstić information content (AvgIpc) is 2.43. The van der Waals surface area contributed by atoms with E-state index in [0.717, 1.165) is 10.9 Å². The van der Waals surface area contributed by atoms with Crippen molar-refractivity contribution in [2.45, 2.75) is 13.8 Å². The summed E-state index contributed by atoms with van der Waals surface area (Å²) in [5.41, 5.74) is 1.18. The van der Waals surface area contributed by atoms with Crippen LogP contribution in [0.25, 0.3) is 0 Å². The summed E-state index contributed by atoms with van der Waals surface area (Å²) in [6.07, 6.45) is 0. The number of nitrogens with zero attached hydrogens (tertiary/aromatic N) is 2. The summed E-state index contributed by atoms with van der Waals surface area (Å²) in [6, 6.07) is 7.70. The van der Waals surface area contributed by atoms with Crippen molar-refractivity contribution in [3.8, 4) is 0 Å². The molecular formula is C13H15N3O2-2. The Bertz CT molecular complexity index is 527. The van der Waals surface area contributed by atoms with Crippen molar-refractivity contribution < 1.29 is 9.79 Å². The van der Waals surface area contributed by atoms with Gasteiger partial charge in [-0.3, -0.25) is 6.07 Å². The highest BCUT2D eigenvalue weighted by molar-refractivity contribution is 5.50. The van der Waals surface area contributed by atoms with Gasteiger partial charge in [-0.05, 0) is 19.3 Å². The van der Waals surface area contributed by atoms with E-state index in [-0.39, 0.29) is 0 Å². The van der Waals surface area contributed by atoms with Crippen LogP contribution in [0, 0.1) is 17.6 Å². The van der Waals surface area contributed by atoms with Crippen LogP contribution in [0.5, 0.6) is 0 Å². The first kappa shape index (κ1) is 13.7. The van der Waals surface area contributed by atoms with Gasteiger partial charge >= 0.3 is 0 Å². The molecule has 0 atom stereocenters. The monoisotopic (exact) mass is 245 g/mol. The molecule has 0 unspecified atom stereocenters. The maximum atomic E-state index is 10.6. The molecule has 0 aromatic heterocycles. The lowest BCUT2D eigenvalue weighted by Crippen LogP contribution is -2.76. The van der Waals surface area contributed by atoms with Gasteiger partial charge in [0, 0.05) is 0 Å². The van der Waals surface area contributed by atoms with Crippen molar-refractivity contribution in [2.24, 2.45) is 5.18 Å². The Labute approximate surface area is 106 Å². The molecule has 0 aliphatic carbocycles. The first-order chi connectivity index (χ1) is 8.60. The van der Waals surface area contributed by atoms with Crippen LogP contribution in [0.3, 0.4) is 0 Å². The Morgan fingerprint density at radius 3 is 3.00 bits per heavy atom. The molecule has 0 fully saturated rings. The van der Waals surface area contributed by atoms with Crippen molar-refractivity contribution in [1.82, 2.24) is 4.90 Å². The highest BCUT2D eigenvalue weighted by Gasteiger charge is 1.96. The number of benzene rings is 1. The zero-order valence-electron chi connectivity index (χ0n) is 10.6. The lowest BCUT2D eigenvalue weighted by molar-refractivity contribution is -0.473. The lowest BCUT2D eigenvalue weighted by Gasteiger charge is -2.20. The van der Waals surface area contributed by atoms with Crippen LogP contribution in [-0.2, 0) is 4.79 Å². The predicted octanol–water partition coefficient (Wildman–Crippen LogP) is -0.160. The summed E-state index contributed by atoms with van der Waals surface area (Å²) in [5, 5.41) is 3.68. The summed E-state index contributed by atoms with van der Waals surface area (Å²) < 4.78 is 0. The van der Waals surface area contributed by atoms with Gasteiger partial charge < -0.3 is 9.89 Å². The molecule has 0 spiro atoms. The van der Waals surface area contributed by atoms with Gasteiger partial charge in [0.15, 0.2) is 0 Å². The molecule has 1 aromatic carbocycles. The summed E-state index contributed by atoms with van der Waals surface area (Å²) in [6.45, 7) is 4.92. The first-order valence-corrected chi connectivity index (χ1v) is 5.41. The predicted molar refractivity (Wildman–Crippen MR) is 66.9 cm³/mol. The Balaban J connectivity index is 3.02. The Hall–Kier alpha value is -2.39. The van der Waals surface area contributed by atoms with E-state index in [4.69, 9.17) is 0 Å². The van der Waals surface area contributed by atoms with E-state index in [1.165, 1.54) is 0 Å². The van der Waals surface area contributed by atoms with E-state index in [1.807, 2.05) is 18.2 Å². The van der Waals surface area contributed by atoms with Crippen LogP contribution in [-0.4, -0.2) is 17.9 Å². The first-order valence-electron chi connectivity index (χ1n) is 5.41. The highest BCUT2D eigenvalue weighted by atomic mass is 16.3. The van der Waals surface area contributed by atoms with Gasteiger partial charge in [-0.2, -0.15) is 17.0 Å². The van der Waals surface area contributed by atoms with E-state index >= 15 is 0 Å². The van der Waals surface area contributed by atoms with Crippen LogP contribution in [0.15, 0.2) is 35.1 Å². The van der Waals surface area contributed by atoms with Crippen molar-refractivity contribution in [1.29, 1.82) is 0 Å². The van der Waals surface area contributed by atoms with E-state index in [2.05, 4.69) is 10.2 Å². The Morgan fingerprint density at radius 2 is 2.39 bits per heavy atom. The number of nitrogens with one attached hydrogen (secondary N) is 1. The van der Waals surface area contributed by atoms with Crippen LogP contribution < -0.4 is 10.3 Å². The number of rotatable bonds is 5. The zero-order valence-corrected chi connectivity index (χ0v) is 10.6. The molecule has 0 radical (unpaired) electrons. The number of allylic oxidation sites excluding steroid dienone is 1. The van der Waals surface area contributed by atoms with Crippen molar-refractivity contribution in [3.63, 3.8) is 0 Å². The molecule has 1 N–H and O–H groups in total. The molecule has 96 valence electrons. The van der Waals surface area contributed by atoms with Gasteiger partial charge in [0.05, 0.1) is 5.70 Å². The summed E-state index contributed by atoms with van der Waals surface area (Å²) in [4.78, 5) is 25.7. The molecule has 0 bridgehead atoms. The molecule has 0 saturated heterocycles. The quantitative estimate of drug-likeness (QED) is 0.445. The maximum Gasteiger partial charge on any atom is 0.144 e. The van der Waals surface area contributed by atoms with Gasteiger partial charge in [-0.15, -0.1) is 5.18 Å². The Morgan fingerprint density at radius 1 is 1.67 bits per heavy atom. The summed E-state index contributed by atoms with van der Waals surface area (Å²) in [7, 11) is 1.73. The second kappa shape index (κ2) is 6.37. The largest absolute Gasteiger partial charge is 0.371 e. The topological polar surface area (TPSA) is 63.7 Å². The molecule has 0 heterocycles. The second-order valence-electron chi connectivity index (χ2n) is 3.79. The maximum absolute atomic E-state index is 10.6. The van der Waals surface area contributed by atoms with E-state index in [1.54, 1.807) is 44.5 Å². The Kier molecular flexibility index (Phi) is 4.84. The van der Waals surface area contributed by atoms with Gasteiger partial charge in [-0.25, -0.2) is 16.4 Å². The molecule has 1 rings (SSSR count). The van der Waals surface area contributed by atoms with Gasteiger partial charge in [-0.1, -0.05) is 13.0 Å². The number of carbonyl (C=O) groups excluding carboxylic acids is 1. The van der Waals surface area contributed by atoms with Crippen molar-refractivity contribution in [3.05, 3.63) is 58.5 Å². The van der Waals surface area contributed by atoms with E-state index < -0.39 is 0 Å². The SMILES string of the molecule is CC(=C=O)N(C)[CH-][NH+]=c1cc[cH-]cc1[C-](C)N=O. The minimum Gasteiger partial charge on any atom is -0.371 e. The number of para-hydroxylation sites is 1. The zero-order chi connectivity index (χ0) is 13.5. The normalized spacial score (nSPS) is 10.5. The third-order valence-corrected chi connectivity index (χ3v) is 2.54. The van der Waals surface area contributed by atoms with E-state index in [0.29, 0.717) is 11.7 Å². The molecule has 18 heavy (non-hydrogen) atoms. The highest BCUT2D eigenvalue weighted by Crippen LogP contribution is 2.08. The fourth-order valence-electron chi connectivity index (χ4n) is 1.31. The number of nitroso groups, excluding NO2 is 1. The molecular weight excluding hydrogens is 230 g/mol. The average molecular weight is 245 g/mol. The molecule has 0 saturated carbocycles. The standard InChI is InChI=1S/C13H15N3O2/c1-10(8-17)16(3)9-14-13-7-5-4-6-12(13)11(2)15-18/h4-7,9,14H,1-3H3/q-2. The molecule has 0 aliphatic heterocycles. The van der Waals surface area contributed by atoms with Crippen LogP contribution in [0.4, 0.5) is 0 Å². The summed E-state index contributed by atoms with van der Waals surface area (Å²) >= 11 is 0. The lowest BCUT2D eigenvalue weighted by atomic mass is 10.1. The smallest absolute Gasteiger partial charge is 0.144 e. The molecule has 5 heteroatoms. The minimum atomic E-state index is 0.400. The van der Waals surface area contributed by atoms with Crippen LogP contribution in [0.1, 0.15) is 19.4 Å². The molecule has 5 nitrogen and oxygen atoms in total. The third kappa shape index (κ3) is 3.30. The second-order valence-corrected chi connectivity index (χ2v) is 3.79. The van der Waals surface area contributed by atoms with Gasteiger partial charge in [0.25, 0.3) is 0 Å². The van der Waals surface area contributed by atoms with Gasteiger partial charge in [0.2, 0.25) is 0 Å². The van der Waals surface area contributed by atoms with Crippen molar-refractivity contribution in [2.75, 3.05) is 7.05 Å². The van der Waals surface area contributed by atoms with Crippen LogP contribution >= 0.6 is 0 Å². The number of hydrogen-bond donors (Lipinski definition) is 1. The van der Waals surface area contributed by atoms with Crippen LogP contribution in [0.2, 0.25) is 0 Å². The summed E-state index contributed by atoms with van der Waals surface area (Å²) in [5.74, 6) is 1.80. The fraction of sp³-hybridized carbons (Fsp3) is 0.231. The fourth-order valence-corrected chi connectivity index (χ4v) is 1.31. The molecule has 1 aromatic rings.